The first-order chi connectivity index (χ1) is 23.1. The van der Waals surface area contributed by atoms with Crippen molar-refractivity contribution in [3.8, 4) is 33.9 Å². The fourth-order valence-electron chi connectivity index (χ4n) is 6.20. The quantitative estimate of drug-likeness (QED) is 0.183. The lowest BCUT2D eigenvalue weighted by Crippen LogP contribution is -1.96. The molecule has 7 aromatic rings. The van der Waals surface area contributed by atoms with Gasteiger partial charge in [-0.15, -0.1) is 0 Å². The van der Waals surface area contributed by atoms with Gasteiger partial charge in [-0.1, -0.05) is 103 Å². The molecule has 5 nitrogen and oxygen atoms in total. The second-order valence-electron chi connectivity index (χ2n) is 11.9. The molecule has 0 bridgehead atoms. The molecule has 3 aromatic carbocycles. The number of hydrogen-bond donors (Lipinski definition) is 0. The molecular formula is C42H31N5. The van der Waals surface area contributed by atoms with Crippen LogP contribution in [0.15, 0.2) is 146 Å². The van der Waals surface area contributed by atoms with E-state index in [4.69, 9.17) is 19.9 Å². The lowest BCUT2D eigenvalue weighted by atomic mass is 9.95. The van der Waals surface area contributed by atoms with Crippen LogP contribution in [0.2, 0.25) is 0 Å². The summed E-state index contributed by atoms with van der Waals surface area (Å²) in [6.07, 6.45) is 14.7. The maximum absolute atomic E-state index is 4.97. The highest BCUT2D eigenvalue weighted by Crippen LogP contribution is 2.34. The van der Waals surface area contributed by atoms with Gasteiger partial charge in [0.2, 0.25) is 0 Å². The summed E-state index contributed by atoms with van der Waals surface area (Å²) in [5.74, 6) is 0.814. The van der Waals surface area contributed by atoms with Crippen molar-refractivity contribution in [2.24, 2.45) is 0 Å². The van der Waals surface area contributed by atoms with Gasteiger partial charge in [0.25, 0.3) is 0 Å². The molecule has 1 unspecified atom stereocenters. The van der Waals surface area contributed by atoms with Gasteiger partial charge in [-0.3, -0.25) is 15.0 Å². The van der Waals surface area contributed by atoms with Crippen LogP contribution in [0.3, 0.4) is 0 Å². The van der Waals surface area contributed by atoms with Crippen LogP contribution in [-0.4, -0.2) is 24.9 Å². The minimum Gasteiger partial charge on any atom is -0.265 e. The van der Waals surface area contributed by atoms with E-state index in [1.54, 1.807) is 12.4 Å². The summed E-state index contributed by atoms with van der Waals surface area (Å²) in [5, 5.41) is 2.21. The molecule has 8 rings (SSSR count). The third-order valence-corrected chi connectivity index (χ3v) is 8.62. The molecule has 4 aromatic heterocycles. The largest absolute Gasteiger partial charge is 0.265 e. The van der Waals surface area contributed by atoms with Crippen LogP contribution in [0.4, 0.5) is 0 Å². The van der Waals surface area contributed by atoms with E-state index < -0.39 is 0 Å². The van der Waals surface area contributed by atoms with Gasteiger partial charge in [0, 0.05) is 57.2 Å². The van der Waals surface area contributed by atoms with Crippen LogP contribution in [-0.2, 0) is 0 Å². The van der Waals surface area contributed by atoms with Gasteiger partial charge in [0.05, 0.1) is 22.4 Å². The normalized spacial score (nSPS) is 14.3. The van der Waals surface area contributed by atoms with Crippen molar-refractivity contribution in [1.82, 2.24) is 24.9 Å². The second kappa shape index (κ2) is 12.0. The molecule has 1 atom stereocenters. The maximum Gasteiger partial charge on any atom is 0.160 e. The Hall–Kier alpha value is -6.07. The Morgan fingerprint density at radius 1 is 0.574 bits per heavy atom. The molecule has 5 heteroatoms. The Morgan fingerprint density at radius 3 is 2.09 bits per heavy atom. The molecule has 1 aliphatic rings. The van der Waals surface area contributed by atoms with Crippen molar-refractivity contribution >= 4 is 27.4 Å². The second-order valence-corrected chi connectivity index (χ2v) is 11.9. The minimum atomic E-state index is 0.134. The van der Waals surface area contributed by atoms with Crippen LogP contribution in [0.25, 0.3) is 61.3 Å². The number of benzene rings is 3. The Balaban J connectivity index is 1.11. The molecule has 0 N–H and O–H groups in total. The molecule has 224 valence electrons. The molecule has 0 aliphatic heterocycles. The van der Waals surface area contributed by atoms with Crippen molar-refractivity contribution in [2.45, 2.75) is 19.8 Å². The molecule has 4 heterocycles. The first kappa shape index (κ1) is 28.4. The van der Waals surface area contributed by atoms with E-state index in [9.17, 15) is 0 Å². The minimum absolute atomic E-state index is 0.134. The predicted molar refractivity (Wildman–Crippen MR) is 192 cm³/mol. The summed E-state index contributed by atoms with van der Waals surface area (Å²) >= 11 is 0. The van der Waals surface area contributed by atoms with Crippen molar-refractivity contribution in [3.63, 3.8) is 0 Å². The Kier molecular flexibility index (Phi) is 7.27. The summed E-state index contributed by atoms with van der Waals surface area (Å²) in [5.41, 5.74) is 12.2. The fraction of sp³-hybridized carbons (Fsp3) is 0.0714. The van der Waals surface area contributed by atoms with Gasteiger partial charge in [0.1, 0.15) is 0 Å². The standard InChI is InChI=1S/C42H31N5/c1-27-11-12-34-19-20-36-37(25-28(2)45-41(36)40(34)44-27)31-10-6-9-29(13-16-31)30-14-17-33(18-15-30)39-26-38(32-7-4-3-5-8-32)46-42(47-39)35-21-23-43-24-22-35/h3-26,29H,1-2H3. The first-order valence-corrected chi connectivity index (χ1v) is 15.8. The lowest BCUT2D eigenvalue weighted by Gasteiger charge is -2.12. The predicted octanol–water partition coefficient (Wildman–Crippen LogP) is 9.88. The summed E-state index contributed by atoms with van der Waals surface area (Å²) < 4.78 is 0. The molecule has 0 saturated carbocycles. The van der Waals surface area contributed by atoms with Crippen LogP contribution < -0.4 is 0 Å². The summed E-state index contributed by atoms with van der Waals surface area (Å²) in [4.78, 5) is 23.8. The summed E-state index contributed by atoms with van der Waals surface area (Å²) in [7, 11) is 0. The maximum atomic E-state index is 4.97. The summed E-state index contributed by atoms with van der Waals surface area (Å²) in [6, 6.07) is 35.6. The van der Waals surface area contributed by atoms with Crippen LogP contribution in [0.1, 0.15) is 28.4 Å². The number of pyridine rings is 3. The zero-order valence-electron chi connectivity index (χ0n) is 26.2. The zero-order valence-corrected chi connectivity index (χ0v) is 26.2. The number of nitrogens with zero attached hydrogens (tertiary/aromatic N) is 5. The number of aryl methyl sites for hydroxylation is 2. The van der Waals surface area contributed by atoms with E-state index in [1.165, 1.54) is 5.56 Å². The summed E-state index contributed by atoms with van der Waals surface area (Å²) in [6.45, 7) is 4.08. The van der Waals surface area contributed by atoms with Crippen molar-refractivity contribution in [3.05, 3.63) is 168 Å². The van der Waals surface area contributed by atoms with Crippen LogP contribution in [0.5, 0.6) is 0 Å². The van der Waals surface area contributed by atoms with E-state index in [1.807, 2.05) is 43.3 Å². The smallest absolute Gasteiger partial charge is 0.160 e. The van der Waals surface area contributed by atoms with Gasteiger partial charge in [-0.2, -0.15) is 0 Å². The van der Waals surface area contributed by atoms with Gasteiger partial charge in [0.15, 0.2) is 5.82 Å². The van der Waals surface area contributed by atoms with Crippen LogP contribution >= 0.6 is 0 Å². The van der Waals surface area contributed by atoms with E-state index in [0.717, 1.165) is 72.4 Å². The fourth-order valence-corrected chi connectivity index (χ4v) is 6.20. The highest BCUT2D eigenvalue weighted by Gasteiger charge is 2.15. The number of aromatic nitrogens is 5. The van der Waals surface area contributed by atoms with Gasteiger partial charge in [-0.25, -0.2) is 9.97 Å². The monoisotopic (exact) mass is 605 g/mol. The number of fused-ring (bicyclic) bond motifs is 3. The topological polar surface area (TPSA) is 64.5 Å². The van der Waals surface area contributed by atoms with Crippen molar-refractivity contribution in [2.75, 3.05) is 0 Å². The Labute approximate surface area is 273 Å². The highest BCUT2D eigenvalue weighted by atomic mass is 14.9. The SMILES string of the molecule is Cc1ccc2ccc3c(C4=CC=CC(c5ccc(-c6cc(-c7ccccc7)nc(-c7ccncc7)n6)cc5)C=C4)cc(C)nc3c2n1. The van der Waals surface area contributed by atoms with Gasteiger partial charge in [-0.05, 0) is 60.9 Å². The van der Waals surface area contributed by atoms with E-state index >= 15 is 0 Å². The highest BCUT2D eigenvalue weighted by molar-refractivity contribution is 6.07. The Morgan fingerprint density at radius 2 is 1.30 bits per heavy atom. The first-order valence-electron chi connectivity index (χ1n) is 15.8. The lowest BCUT2D eigenvalue weighted by molar-refractivity contribution is 1.08. The Bertz CT molecular complexity index is 2300. The molecule has 47 heavy (non-hydrogen) atoms. The molecule has 0 radical (unpaired) electrons. The third-order valence-electron chi connectivity index (χ3n) is 8.62. The van der Waals surface area contributed by atoms with Gasteiger partial charge < -0.3 is 0 Å². The number of allylic oxidation sites excluding steroid dienone is 6. The molecular weight excluding hydrogens is 574 g/mol. The molecule has 0 amide bonds. The zero-order chi connectivity index (χ0) is 31.7. The number of hydrogen-bond acceptors (Lipinski definition) is 5. The van der Waals surface area contributed by atoms with Gasteiger partial charge >= 0.3 is 0 Å². The third kappa shape index (κ3) is 5.64. The van der Waals surface area contributed by atoms with E-state index in [0.29, 0.717) is 5.82 Å². The van der Waals surface area contributed by atoms with Crippen molar-refractivity contribution in [1.29, 1.82) is 0 Å². The van der Waals surface area contributed by atoms with Crippen molar-refractivity contribution < 1.29 is 0 Å². The van der Waals surface area contributed by atoms with E-state index in [-0.39, 0.29) is 5.92 Å². The average molecular weight is 606 g/mol. The average Bonchev–Trinajstić information content (AvgIpc) is 3.38. The number of rotatable bonds is 5. The molecule has 0 spiro atoms. The van der Waals surface area contributed by atoms with E-state index in [2.05, 4.69) is 109 Å². The molecule has 0 fully saturated rings. The molecule has 0 saturated heterocycles. The van der Waals surface area contributed by atoms with Crippen LogP contribution in [0, 0.1) is 13.8 Å². The molecule has 1 aliphatic carbocycles.